The maximum absolute atomic E-state index is 11.8. The molecule has 0 aromatic heterocycles. The predicted molar refractivity (Wildman–Crippen MR) is 58.7 cm³/mol. The Labute approximate surface area is 101 Å². The Kier molecular flexibility index (Phi) is 2.97. The molecule has 2 rings (SSSR count). The molecule has 1 heterocycles. The SMILES string of the molecule is O=C(O)CC1CC(=O)c2cc([N+](=O)[O-])ccc2O1. The fourth-order valence-electron chi connectivity index (χ4n) is 1.80. The van der Waals surface area contributed by atoms with Crippen LogP contribution in [0.15, 0.2) is 18.2 Å². The van der Waals surface area contributed by atoms with E-state index in [2.05, 4.69) is 0 Å². The molecule has 7 nitrogen and oxygen atoms in total. The lowest BCUT2D eigenvalue weighted by atomic mass is 9.98. The van der Waals surface area contributed by atoms with Crippen LogP contribution in [0.4, 0.5) is 5.69 Å². The first-order chi connectivity index (χ1) is 8.47. The molecule has 18 heavy (non-hydrogen) atoms. The van der Waals surface area contributed by atoms with E-state index in [4.69, 9.17) is 9.84 Å². The van der Waals surface area contributed by atoms with Gasteiger partial charge >= 0.3 is 5.97 Å². The topological polar surface area (TPSA) is 107 Å². The number of ketones is 1. The second-order valence-corrected chi connectivity index (χ2v) is 3.90. The fraction of sp³-hybridized carbons (Fsp3) is 0.273. The first-order valence-electron chi connectivity index (χ1n) is 5.17. The predicted octanol–water partition coefficient (Wildman–Crippen LogP) is 1.40. The minimum Gasteiger partial charge on any atom is -0.489 e. The Balaban J connectivity index is 2.30. The van der Waals surface area contributed by atoms with Gasteiger partial charge in [-0.1, -0.05) is 0 Å². The van der Waals surface area contributed by atoms with Crippen LogP contribution in [0.2, 0.25) is 0 Å². The largest absolute Gasteiger partial charge is 0.489 e. The van der Waals surface area contributed by atoms with Crippen LogP contribution in [0, 0.1) is 10.1 Å². The minimum atomic E-state index is -1.06. The number of nitro benzene ring substituents is 1. The molecule has 1 aliphatic rings. The Morgan fingerprint density at radius 2 is 2.28 bits per heavy atom. The molecule has 0 amide bonds. The third-order valence-electron chi connectivity index (χ3n) is 2.58. The third kappa shape index (κ3) is 2.29. The zero-order valence-corrected chi connectivity index (χ0v) is 9.16. The molecular weight excluding hydrogens is 242 g/mol. The van der Waals surface area contributed by atoms with Crippen molar-refractivity contribution in [3.05, 3.63) is 33.9 Å². The van der Waals surface area contributed by atoms with E-state index in [0.717, 1.165) is 6.07 Å². The number of carbonyl (C=O) groups excluding carboxylic acids is 1. The number of carbonyl (C=O) groups is 2. The molecule has 0 saturated carbocycles. The second kappa shape index (κ2) is 4.44. The number of nitro groups is 1. The maximum atomic E-state index is 11.8. The van der Waals surface area contributed by atoms with Crippen molar-refractivity contribution in [2.75, 3.05) is 0 Å². The molecule has 1 atom stereocenters. The molecule has 1 aromatic carbocycles. The molecule has 0 spiro atoms. The van der Waals surface area contributed by atoms with Crippen molar-refractivity contribution in [2.24, 2.45) is 0 Å². The van der Waals surface area contributed by atoms with Crippen LogP contribution in [0.5, 0.6) is 5.75 Å². The molecule has 0 fully saturated rings. The summed E-state index contributed by atoms with van der Waals surface area (Å²) in [5.74, 6) is -1.20. The summed E-state index contributed by atoms with van der Waals surface area (Å²) in [5, 5.41) is 19.2. The van der Waals surface area contributed by atoms with Gasteiger partial charge in [0, 0.05) is 18.6 Å². The zero-order valence-electron chi connectivity index (χ0n) is 9.16. The number of ether oxygens (including phenoxy) is 1. The van der Waals surface area contributed by atoms with E-state index < -0.39 is 17.0 Å². The van der Waals surface area contributed by atoms with Gasteiger partial charge in [-0.25, -0.2) is 0 Å². The number of carboxylic acid groups (broad SMARTS) is 1. The van der Waals surface area contributed by atoms with Crippen LogP contribution >= 0.6 is 0 Å². The van der Waals surface area contributed by atoms with Crippen LogP contribution in [0.1, 0.15) is 23.2 Å². The van der Waals surface area contributed by atoms with Crippen molar-refractivity contribution in [2.45, 2.75) is 18.9 Å². The fourth-order valence-corrected chi connectivity index (χ4v) is 1.80. The van der Waals surface area contributed by atoms with Gasteiger partial charge in [-0.15, -0.1) is 0 Å². The zero-order chi connectivity index (χ0) is 13.3. The highest BCUT2D eigenvalue weighted by Crippen LogP contribution is 2.31. The van der Waals surface area contributed by atoms with Gasteiger partial charge in [-0.05, 0) is 6.07 Å². The van der Waals surface area contributed by atoms with E-state index in [1.165, 1.54) is 12.1 Å². The minimum absolute atomic E-state index is 0.0829. The summed E-state index contributed by atoms with van der Waals surface area (Å²) in [6.07, 6.45) is -1.08. The number of aliphatic carboxylic acids is 1. The van der Waals surface area contributed by atoms with Crippen LogP contribution < -0.4 is 4.74 Å². The molecular formula is C11H9NO6. The van der Waals surface area contributed by atoms with Crippen molar-refractivity contribution in [3.63, 3.8) is 0 Å². The van der Waals surface area contributed by atoms with E-state index in [9.17, 15) is 19.7 Å². The van der Waals surface area contributed by atoms with Crippen LogP contribution in [0.25, 0.3) is 0 Å². The lowest BCUT2D eigenvalue weighted by molar-refractivity contribution is -0.384. The van der Waals surface area contributed by atoms with Crippen molar-refractivity contribution in [3.8, 4) is 5.75 Å². The summed E-state index contributed by atoms with van der Waals surface area (Å²) in [7, 11) is 0. The molecule has 1 aromatic rings. The second-order valence-electron chi connectivity index (χ2n) is 3.90. The molecule has 0 saturated heterocycles. The highest BCUT2D eigenvalue weighted by Gasteiger charge is 2.29. The number of benzene rings is 1. The average Bonchev–Trinajstić information content (AvgIpc) is 2.27. The lowest BCUT2D eigenvalue weighted by Gasteiger charge is -2.23. The molecule has 1 N–H and O–H groups in total. The maximum Gasteiger partial charge on any atom is 0.307 e. The Bertz CT molecular complexity index is 538. The molecule has 1 aliphatic heterocycles. The Morgan fingerprint density at radius 3 is 2.89 bits per heavy atom. The lowest BCUT2D eigenvalue weighted by Crippen LogP contribution is -2.29. The van der Waals surface area contributed by atoms with Crippen LogP contribution in [-0.4, -0.2) is 27.9 Å². The summed E-state index contributed by atoms with van der Waals surface area (Å²) >= 11 is 0. The normalized spacial score (nSPS) is 17.8. The Hall–Kier alpha value is -2.44. The van der Waals surface area contributed by atoms with E-state index in [-0.39, 0.29) is 35.6 Å². The summed E-state index contributed by atoms with van der Waals surface area (Å²) in [6.45, 7) is 0. The number of nitrogens with zero attached hydrogens (tertiary/aromatic N) is 1. The number of Topliss-reactive ketones (excluding diaryl/α,β-unsaturated/α-hetero) is 1. The number of carboxylic acids is 1. The highest BCUT2D eigenvalue weighted by atomic mass is 16.6. The monoisotopic (exact) mass is 251 g/mol. The summed E-state index contributed by atoms with van der Waals surface area (Å²) in [5.41, 5.74) is -0.0618. The summed E-state index contributed by atoms with van der Waals surface area (Å²) < 4.78 is 5.32. The number of fused-ring (bicyclic) bond motifs is 1. The number of hydrogen-bond donors (Lipinski definition) is 1. The van der Waals surface area contributed by atoms with E-state index in [1.807, 2.05) is 0 Å². The Morgan fingerprint density at radius 1 is 1.56 bits per heavy atom. The molecule has 94 valence electrons. The van der Waals surface area contributed by atoms with Gasteiger partial charge in [0.15, 0.2) is 5.78 Å². The standard InChI is InChI=1S/C11H9NO6/c13-9-4-7(5-11(14)15)18-10-2-1-6(12(16)17)3-8(9)10/h1-3,7H,4-5H2,(H,14,15). The van der Waals surface area contributed by atoms with Crippen LogP contribution in [-0.2, 0) is 4.79 Å². The van der Waals surface area contributed by atoms with E-state index >= 15 is 0 Å². The highest BCUT2D eigenvalue weighted by molar-refractivity contribution is 6.00. The van der Waals surface area contributed by atoms with Crippen LogP contribution in [0.3, 0.4) is 0 Å². The van der Waals surface area contributed by atoms with E-state index in [0.29, 0.717) is 0 Å². The van der Waals surface area contributed by atoms with Gasteiger partial charge in [-0.2, -0.15) is 0 Å². The van der Waals surface area contributed by atoms with Crippen molar-refractivity contribution in [1.82, 2.24) is 0 Å². The van der Waals surface area contributed by atoms with E-state index in [1.54, 1.807) is 0 Å². The van der Waals surface area contributed by atoms with Gasteiger partial charge in [0.05, 0.1) is 16.9 Å². The number of rotatable bonds is 3. The van der Waals surface area contributed by atoms with Crippen molar-refractivity contribution >= 4 is 17.4 Å². The third-order valence-corrected chi connectivity index (χ3v) is 2.58. The smallest absolute Gasteiger partial charge is 0.307 e. The average molecular weight is 251 g/mol. The number of hydrogen-bond acceptors (Lipinski definition) is 5. The molecule has 0 bridgehead atoms. The van der Waals surface area contributed by atoms with Crippen molar-refractivity contribution in [1.29, 1.82) is 0 Å². The van der Waals surface area contributed by atoms with Gasteiger partial charge < -0.3 is 9.84 Å². The van der Waals surface area contributed by atoms with Gasteiger partial charge in [0.1, 0.15) is 11.9 Å². The summed E-state index contributed by atoms with van der Waals surface area (Å²) in [4.78, 5) is 32.3. The summed E-state index contributed by atoms with van der Waals surface area (Å²) in [6, 6.07) is 3.68. The first kappa shape index (κ1) is 12.0. The molecule has 0 radical (unpaired) electrons. The number of non-ortho nitro benzene ring substituents is 1. The van der Waals surface area contributed by atoms with Gasteiger partial charge in [0.2, 0.25) is 0 Å². The van der Waals surface area contributed by atoms with Gasteiger partial charge in [-0.3, -0.25) is 19.7 Å². The quantitative estimate of drug-likeness (QED) is 0.642. The van der Waals surface area contributed by atoms with Gasteiger partial charge in [0.25, 0.3) is 5.69 Å². The molecule has 7 heteroatoms. The molecule has 0 aliphatic carbocycles. The van der Waals surface area contributed by atoms with Crippen molar-refractivity contribution < 1.29 is 24.4 Å². The molecule has 1 unspecified atom stereocenters. The first-order valence-corrected chi connectivity index (χ1v) is 5.17.